The van der Waals surface area contributed by atoms with E-state index in [0.29, 0.717) is 35.3 Å². The monoisotopic (exact) mass is 435 g/mol. The van der Waals surface area contributed by atoms with Crippen molar-refractivity contribution in [3.63, 3.8) is 0 Å². The van der Waals surface area contributed by atoms with Crippen molar-refractivity contribution < 1.29 is 23.4 Å². The number of fused-ring (bicyclic) bond motifs is 3. The van der Waals surface area contributed by atoms with E-state index in [0.717, 1.165) is 0 Å². The predicted octanol–water partition coefficient (Wildman–Crippen LogP) is 2.11. The number of nitrogens with one attached hydrogen (secondary N) is 1. The Hall–Kier alpha value is -2.62. The molecule has 0 aliphatic heterocycles. The zero-order chi connectivity index (χ0) is 22.6. The molecular weight excluding hydrogens is 408 g/mol. The summed E-state index contributed by atoms with van der Waals surface area (Å²) >= 11 is 0. The fourth-order valence-corrected chi connectivity index (χ4v) is 4.98. The average Bonchev–Trinajstić information content (AvgIpc) is 3.34. The summed E-state index contributed by atoms with van der Waals surface area (Å²) in [7, 11) is 0. The first-order chi connectivity index (χ1) is 14.6. The summed E-state index contributed by atoms with van der Waals surface area (Å²) < 4.78 is 30.4. The van der Waals surface area contributed by atoms with Gasteiger partial charge in [-0.3, -0.25) is 4.79 Å². The number of rotatable bonds is 5. The summed E-state index contributed by atoms with van der Waals surface area (Å²) in [6.45, 7) is 5.38. The number of aliphatic hydroxyl groups is 1. The van der Waals surface area contributed by atoms with Crippen LogP contribution in [0.2, 0.25) is 0 Å². The second-order valence-corrected chi connectivity index (χ2v) is 9.63. The molecule has 1 saturated carbocycles. The van der Waals surface area contributed by atoms with Crippen molar-refractivity contribution in [1.29, 1.82) is 0 Å². The minimum Gasteiger partial charge on any atom is -0.619 e. The van der Waals surface area contributed by atoms with E-state index in [1.165, 1.54) is 23.3 Å². The molecule has 2 aromatic rings. The molecule has 1 fully saturated rings. The van der Waals surface area contributed by atoms with E-state index in [-0.39, 0.29) is 24.5 Å². The lowest BCUT2D eigenvalue weighted by atomic mass is 9.79. The van der Waals surface area contributed by atoms with E-state index in [9.17, 15) is 23.9 Å². The van der Waals surface area contributed by atoms with Crippen LogP contribution in [0.1, 0.15) is 67.7 Å². The first-order valence-electron chi connectivity index (χ1n) is 10.5. The second-order valence-electron chi connectivity index (χ2n) is 9.63. The maximum absolute atomic E-state index is 14.2. The summed E-state index contributed by atoms with van der Waals surface area (Å²) in [4.78, 5) is 17.3. The number of halogens is 2. The third-order valence-electron chi connectivity index (χ3n) is 6.75. The summed E-state index contributed by atoms with van der Waals surface area (Å²) in [5.41, 5.74) is -0.566. The minimum atomic E-state index is -2.54. The Morgan fingerprint density at radius 2 is 2.23 bits per heavy atom. The molecule has 2 N–H and O–H groups in total. The lowest BCUT2D eigenvalue weighted by molar-refractivity contribution is -0.605. The fraction of sp³-hybridized carbons (Fsp3) is 0.619. The Labute approximate surface area is 178 Å². The van der Waals surface area contributed by atoms with Gasteiger partial charge in [-0.1, -0.05) is 27.2 Å². The SMILES string of the molecule is CC(C)(C)[C@@H](CO)NC(=O)c1nn(-c2c[n+]([O-])ccn2)c2c1C[C@]1(C(F)F)CCCC21. The molecule has 2 heterocycles. The van der Waals surface area contributed by atoms with E-state index < -0.39 is 35.1 Å². The van der Waals surface area contributed by atoms with Gasteiger partial charge < -0.3 is 15.6 Å². The van der Waals surface area contributed by atoms with Gasteiger partial charge in [0.15, 0.2) is 11.9 Å². The van der Waals surface area contributed by atoms with Crippen molar-refractivity contribution in [1.82, 2.24) is 20.1 Å². The summed E-state index contributed by atoms with van der Waals surface area (Å²) in [5.74, 6) is -0.812. The lowest BCUT2D eigenvalue weighted by Crippen LogP contribution is -2.46. The quantitative estimate of drug-likeness (QED) is 0.553. The molecule has 2 aliphatic carbocycles. The van der Waals surface area contributed by atoms with Crippen LogP contribution in [0.25, 0.3) is 5.82 Å². The van der Waals surface area contributed by atoms with Gasteiger partial charge in [-0.15, -0.1) is 0 Å². The normalized spacial score (nSPS) is 23.6. The van der Waals surface area contributed by atoms with Crippen LogP contribution in [0.4, 0.5) is 8.78 Å². The van der Waals surface area contributed by atoms with Crippen molar-refractivity contribution in [3.05, 3.63) is 40.7 Å². The van der Waals surface area contributed by atoms with E-state index in [1.807, 2.05) is 20.8 Å². The molecule has 10 heteroatoms. The van der Waals surface area contributed by atoms with Crippen LogP contribution in [-0.2, 0) is 6.42 Å². The second kappa shape index (κ2) is 7.51. The third kappa shape index (κ3) is 3.46. The van der Waals surface area contributed by atoms with Gasteiger partial charge in [0.1, 0.15) is 0 Å². The van der Waals surface area contributed by atoms with Crippen molar-refractivity contribution in [2.24, 2.45) is 10.8 Å². The first-order valence-corrected chi connectivity index (χ1v) is 10.5. The third-order valence-corrected chi connectivity index (χ3v) is 6.75. The number of hydrogen-bond donors (Lipinski definition) is 2. The molecule has 2 aliphatic rings. The van der Waals surface area contributed by atoms with E-state index in [1.54, 1.807) is 0 Å². The highest BCUT2D eigenvalue weighted by Crippen LogP contribution is 2.60. The van der Waals surface area contributed by atoms with Crippen molar-refractivity contribution in [2.45, 2.75) is 64.8 Å². The summed E-state index contributed by atoms with van der Waals surface area (Å²) in [5, 5.41) is 28.8. The molecule has 0 spiro atoms. The van der Waals surface area contributed by atoms with Crippen LogP contribution in [0.3, 0.4) is 0 Å². The van der Waals surface area contributed by atoms with E-state index in [4.69, 9.17) is 0 Å². The molecule has 0 saturated heterocycles. The molecule has 8 nitrogen and oxygen atoms in total. The molecule has 2 aromatic heterocycles. The van der Waals surface area contributed by atoms with Gasteiger partial charge in [0, 0.05) is 16.9 Å². The number of amides is 1. The van der Waals surface area contributed by atoms with E-state index in [2.05, 4.69) is 15.4 Å². The first kappa shape index (κ1) is 21.6. The minimum absolute atomic E-state index is 0.0511. The molecule has 0 bridgehead atoms. The number of carbonyl (C=O) groups is 1. The van der Waals surface area contributed by atoms with E-state index >= 15 is 0 Å². The van der Waals surface area contributed by atoms with Crippen LogP contribution in [0.5, 0.6) is 0 Å². The van der Waals surface area contributed by atoms with Crippen LogP contribution in [-0.4, -0.2) is 44.9 Å². The van der Waals surface area contributed by atoms with Crippen LogP contribution in [0, 0.1) is 16.0 Å². The highest BCUT2D eigenvalue weighted by molar-refractivity contribution is 5.94. The fourth-order valence-electron chi connectivity index (χ4n) is 4.98. The molecular formula is C21H27F2N5O3. The Balaban J connectivity index is 1.82. The molecule has 0 radical (unpaired) electrons. The highest BCUT2D eigenvalue weighted by Gasteiger charge is 2.58. The van der Waals surface area contributed by atoms with Gasteiger partial charge in [-0.2, -0.15) is 9.83 Å². The van der Waals surface area contributed by atoms with Gasteiger partial charge in [-0.05, 0) is 24.7 Å². The van der Waals surface area contributed by atoms with Gasteiger partial charge in [0.25, 0.3) is 5.91 Å². The molecule has 1 unspecified atom stereocenters. The van der Waals surface area contributed by atoms with Gasteiger partial charge in [-0.25, -0.2) is 18.4 Å². The van der Waals surface area contributed by atoms with Crippen molar-refractivity contribution in [2.75, 3.05) is 6.61 Å². The van der Waals surface area contributed by atoms with Crippen molar-refractivity contribution in [3.8, 4) is 5.82 Å². The zero-order valence-corrected chi connectivity index (χ0v) is 17.8. The molecule has 1 amide bonds. The number of carbonyl (C=O) groups excluding carboxylic acids is 1. The number of nitrogens with zero attached hydrogens (tertiary/aromatic N) is 4. The Kier molecular flexibility index (Phi) is 5.23. The predicted molar refractivity (Wildman–Crippen MR) is 107 cm³/mol. The lowest BCUT2D eigenvalue weighted by Gasteiger charge is -2.30. The Morgan fingerprint density at radius 3 is 2.84 bits per heavy atom. The summed E-state index contributed by atoms with van der Waals surface area (Å²) in [6.07, 6.45) is 2.85. The van der Waals surface area contributed by atoms with Gasteiger partial charge >= 0.3 is 0 Å². The molecule has 0 aromatic carbocycles. The maximum atomic E-state index is 14.2. The average molecular weight is 435 g/mol. The number of aromatic nitrogens is 4. The highest BCUT2D eigenvalue weighted by atomic mass is 19.3. The van der Waals surface area contributed by atoms with Crippen molar-refractivity contribution >= 4 is 5.91 Å². The molecule has 3 atom stereocenters. The van der Waals surface area contributed by atoms with Crippen LogP contribution < -0.4 is 10.0 Å². The standard InChI is InChI=1S/C21H27F2N5O3/c1-20(2,3)14(11-29)25-18(30)16-12-9-21(19(22)23)6-4-5-13(21)17(12)28(26-16)15-10-27(31)8-7-24-15/h7-8,10,13-14,19,29H,4-6,9,11H2,1-3H3,(H,25,30)/t13?,14-,21-/m1/s1. The number of hydrogen-bond acceptors (Lipinski definition) is 5. The zero-order valence-electron chi connectivity index (χ0n) is 17.8. The summed E-state index contributed by atoms with van der Waals surface area (Å²) in [6, 6.07) is -0.538. The van der Waals surface area contributed by atoms with Crippen LogP contribution >= 0.6 is 0 Å². The smallest absolute Gasteiger partial charge is 0.272 e. The van der Waals surface area contributed by atoms with Crippen LogP contribution in [0.15, 0.2) is 18.6 Å². The van der Waals surface area contributed by atoms with Gasteiger partial charge in [0.05, 0.1) is 24.5 Å². The molecule has 168 valence electrons. The number of alkyl halides is 2. The maximum Gasteiger partial charge on any atom is 0.272 e. The number of aliphatic hydroxyl groups excluding tert-OH is 1. The Bertz CT molecular complexity index is 1000. The molecule has 31 heavy (non-hydrogen) atoms. The molecule has 4 rings (SSSR count). The van der Waals surface area contributed by atoms with Gasteiger partial charge in [0.2, 0.25) is 18.4 Å². The topological polar surface area (TPSA) is 107 Å². The largest absolute Gasteiger partial charge is 0.619 e. The Morgan fingerprint density at radius 1 is 1.48 bits per heavy atom.